The zero-order valence-electron chi connectivity index (χ0n) is 23.7. The number of rotatable bonds is 9. The molecule has 0 saturated carbocycles. The molecule has 1 unspecified atom stereocenters. The third-order valence-corrected chi connectivity index (χ3v) is 7.35. The Morgan fingerprint density at radius 2 is 1.83 bits per heavy atom. The normalized spacial score (nSPS) is 15.2. The van der Waals surface area contributed by atoms with E-state index in [0.29, 0.717) is 64.2 Å². The van der Waals surface area contributed by atoms with Gasteiger partial charge < -0.3 is 25.1 Å². The smallest absolute Gasteiger partial charge is 0.255 e. The summed E-state index contributed by atoms with van der Waals surface area (Å²) in [6.07, 6.45) is 2.21. The van der Waals surface area contributed by atoms with Crippen LogP contribution in [-0.4, -0.2) is 45.1 Å². The van der Waals surface area contributed by atoms with Gasteiger partial charge in [0.05, 0.1) is 12.2 Å². The Kier molecular flexibility index (Phi) is 8.69. The van der Waals surface area contributed by atoms with Gasteiger partial charge in [0, 0.05) is 48.1 Å². The Bertz CT molecular complexity index is 1540. The van der Waals surface area contributed by atoms with Crippen molar-refractivity contribution in [3.63, 3.8) is 0 Å². The summed E-state index contributed by atoms with van der Waals surface area (Å²) in [6.45, 7) is 7.17. The first-order chi connectivity index (χ1) is 19.8. The SMILES string of the molecule is CNC(=O)c1c(-c2ccc(F)cc2)oc2ccc(-c3cc(C(=O)NCC(C)C)ccc3OCC3CCCNC3)cc12. The van der Waals surface area contributed by atoms with Gasteiger partial charge in [0.25, 0.3) is 11.8 Å². The van der Waals surface area contributed by atoms with E-state index in [9.17, 15) is 14.0 Å². The zero-order valence-corrected chi connectivity index (χ0v) is 23.7. The van der Waals surface area contributed by atoms with Crippen LogP contribution in [0.5, 0.6) is 5.75 Å². The van der Waals surface area contributed by atoms with E-state index in [1.807, 2.05) is 44.2 Å². The lowest BCUT2D eigenvalue weighted by Crippen LogP contribution is -2.33. The molecule has 5 rings (SSSR count). The third kappa shape index (κ3) is 6.43. The van der Waals surface area contributed by atoms with E-state index >= 15 is 0 Å². The summed E-state index contributed by atoms with van der Waals surface area (Å²) in [4.78, 5) is 26.1. The maximum Gasteiger partial charge on any atom is 0.255 e. The van der Waals surface area contributed by atoms with Gasteiger partial charge in [-0.1, -0.05) is 19.9 Å². The number of nitrogens with one attached hydrogen (secondary N) is 3. The van der Waals surface area contributed by atoms with Crippen molar-refractivity contribution in [1.82, 2.24) is 16.0 Å². The minimum Gasteiger partial charge on any atom is -0.493 e. The van der Waals surface area contributed by atoms with Gasteiger partial charge in [-0.2, -0.15) is 0 Å². The maximum atomic E-state index is 13.6. The molecule has 0 aliphatic carbocycles. The second-order valence-corrected chi connectivity index (χ2v) is 10.9. The van der Waals surface area contributed by atoms with E-state index in [2.05, 4.69) is 16.0 Å². The molecule has 0 bridgehead atoms. The molecule has 1 aliphatic rings. The molecule has 1 saturated heterocycles. The van der Waals surface area contributed by atoms with Gasteiger partial charge >= 0.3 is 0 Å². The van der Waals surface area contributed by atoms with Crippen molar-refractivity contribution in [2.45, 2.75) is 26.7 Å². The number of ether oxygens (including phenoxy) is 1. The van der Waals surface area contributed by atoms with Gasteiger partial charge in [-0.25, -0.2) is 4.39 Å². The van der Waals surface area contributed by atoms with Crippen LogP contribution in [0.2, 0.25) is 0 Å². The Morgan fingerprint density at radius 1 is 1.05 bits per heavy atom. The Hall–Kier alpha value is -4.17. The van der Waals surface area contributed by atoms with Crippen LogP contribution in [0.3, 0.4) is 0 Å². The number of benzene rings is 3. The molecule has 2 amide bonds. The molecule has 3 N–H and O–H groups in total. The van der Waals surface area contributed by atoms with Gasteiger partial charge in [-0.15, -0.1) is 0 Å². The predicted octanol–water partition coefficient (Wildman–Crippen LogP) is 6.03. The molecule has 4 aromatic rings. The van der Waals surface area contributed by atoms with Crippen molar-refractivity contribution in [3.05, 3.63) is 77.6 Å². The van der Waals surface area contributed by atoms with E-state index in [-0.39, 0.29) is 17.6 Å². The van der Waals surface area contributed by atoms with Crippen LogP contribution in [0, 0.1) is 17.7 Å². The fraction of sp³-hybridized carbons (Fsp3) is 0.333. The highest BCUT2D eigenvalue weighted by atomic mass is 19.1. The number of furan rings is 1. The number of hydrogen-bond donors (Lipinski definition) is 3. The lowest BCUT2D eigenvalue weighted by Gasteiger charge is -2.23. The number of piperidine rings is 1. The third-order valence-electron chi connectivity index (χ3n) is 7.35. The van der Waals surface area contributed by atoms with Crippen molar-refractivity contribution in [1.29, 1.82) is 0 Å². The van der Waals surface area contributed by atoms with Crippen LogP contribution >= 0.6 is 0 Å². The highest BCUT2D eigenvalue weighted by Crippen LogP contribution is 2.39. The first kappa shape index (κ1) is 28.4. The van der Waals surface area contributed by atoms with Crippen LogP contribution in [0.15, 0.2) is 65.1 Å². The number of fused-ring (bicyclic) bond motifs is 1. The lowest BCUT2D eigenvalue weighted by molar-refractivity contribution is 0.0945. The molecule has 41 heavy (non-hydrogen) atoms. The Labute approximate surface area is 239 Å². The van der Waals surface area contributed by atoms with Crippen LogP contribution < -0.4 is 20.7 Å². The molecular weight excluding hydrogens is 521 g/mol. The highest BCUT2D eigenvalue weighted by Gasteiger charge is 2.23. The minimum absolute atomic E-state index is 0.156. The fourth-order valence-electron chi connectivity index (χ4n) is 5.12. The quantitative estimate of drug-likeness (QED) is 0.234. The first-order valence-electron chi connectivity index (χ1n) is 14.1. The molecule has 0 radical (unpaired) electrons. The molecule has 214 valence electrons. The molecule has 7 nitrogen and oxygen atoms in total. The second-order valence-electron chi connectivity index (χ2n) is 10.9. The Morgan fingerprint density at radius 3 is 2.54 bits per heavy atom. The average Bonchev–Trinajstić information content (AvgIpc) is 3.38. The van der Waals surface area contributed by atoms with Crippen molar-refractivity contribution in [2.75, 3.05) is 33.3 Å². The summed E-state index contributed by atoms with van der Waals surface area (Å²) in [6, 6.07) is 16.9. The van der Waals surface area contributed by atoms with Gasteiger partial charge in [0.15, 0.2) is 0 Å². The zero-order chi connectivity index (χ0) is 28.9. The van der Waals surface area contributed by atoms with E-state index in [1.165, 1.54) is 12.1 Å². The lowest BCUT2D eigenvalue weighted by atomic mass is 9.97. The molecule has 1 fully saturated rings. The van der Waals surface area contributed by atoms with Gasteiger partial charge in [-0.3, -0.25) is 9.59 Å². The standard InChI is InChI=1S/C33H36FN3O4/c1-20(2)17-37-32(38)24-9-12-28(40-19-21-5-4-14-36-18-21)26(16-24)23-8-13-29-27(15-23)30(33(39)35-3)31(41-29)22-6-10-25(34)11-7-22/h6-13,15-16,20-21,36H,4-5,14,17-19H2,1-3H3,(H,35,39)(H,37,38). The van der Waals surface area contributed by atoms with Gasteiger partial charge in [0.2, 0.25) is 0 Å². The molecule has 2 heterocycles. The van der Waals surface area contributed by atoms with E-state index in [1.54, 1.807) is 25.2 Å². The van der Waals surface area contributed by atoms with Crippen molar-refractivity contribution in [3.8, 4) is 28.2 Å². The molecule has 1 atom stereocenters. The number of carbonyl (C=O) groups is 2. The van der Waals surface area contributed by atoms with Crippen LogP contribution in [0.1, 0.15) is 47.4 Å². The minimum atomic E-state index is -0.373. The summed E-state index contributed by atoms with van der Waals surface area (Å²) >= 11 is 0. The van der Waals surface area contributed by atoms with Crippen molar-refractivity contribution in [2.24, 2.45) is 11.8 Å². The Balaban J connectivity index is 1.58. The van der Waals surface area contributed by atoms with E-state index in [4.69, 9.17) is 9.15 Å². The summed E-state index contributed by atoms with van der Waals surface area (Å²) < 4.78 is 26.1. The molecule has 0 spiro atoms. The van der Waals surface area contributed by atoms with Crippen LogP contribution in [-0.2, 0) is 0 Å². The first-order valence-corrected chi connectivity index (χ1v) is 14.1. The second kappa shape index (κ2) is 12.6. The van der Waals surface area contributed by atoms with E-state index in [0.717, 1.165) is 37.1 Å². The predicted molar refractivity (Wildman–Crippen MR) is 159 cm³/mol. The fourth-order valence-corrected chi connectivity index (χ4v) is 5.12. The molecule has 1 aromatic heterocycles. The summed E-state index contributed by atoms with van der Waals surface area (Å²) in [5, 5.41) is 9.72. The van der Waals surface area contributed by atoms with Gasteiger partial charge in [0.1, 0.15) is 22.9 Å². The number of carbonyl (C=O) groups excluding carboxylic acids is 2. The molecule has 1 aliphatic heterocycles. The van der Waals surface area contributed by atoms with Crippen molar-refractivity contribution < 1.29 is 23.1 Å². The molecular formula is C33H36FN3O4. The monoisotopic (exact) mass is 557 g/mol. The number of hydrogen-bond acceptors (Lipinski definition) is 5. The number of halogens is 1. The van der Waals surface area contributed by atoms with Gasteiger partial charge in [-0.05, 0) is 85.5 Å². The maximum absolute atomic E-state index is 13.6. The summed E-state index contributed by atoms with van der Waals surface area (Å²) in [5.41, 5.74) is 3.53. The largest absolute Gasteiger partial charge is 0.493 e. The summed E-state index contributed by atoms with van der Waals surface area (Å²) in [7, 11) is 1.56. The highest BCUT2D eigenvalue weighted by molar-refractivity contribution is 6.12. The van der Waals surface area contributed by atoms with E-state index < -0.39 is 0 Å². The number of amides is 2. The topological polar surface area (TPSA) is 92.6 Å². The summed E-state index contributed by atoms with van der Waals surface area (Å²) in [5.74, 6) is 0.911. The van der Waals surface area contributed by atoms with Crippen molar-refractivity contribution >= 4 is 22.8 Å². The molecule has 3 aromatic carbocycles. The van der Waals surface area contributed by atoms with Crippen LogP contribution in [0.4, 0.5) is 4.39 Å². The molecule has 8 heteroatoms. The van der Waals surface area contributed by atoms with Crippen LogP contribution in [0.25, 0.3) is 33.4 Å². The average molecular weight is 558 g/mol.